The Morgan fingerprint density at radius 3 is 1.24 bits per heavy atom. The molecule has 0 spiro atoms. The molecule has 7 aromatic carbocycles. The fourth-order valence-electron chi connectivity index (χ4n) is 9.82. The van der Waals surface area contributed by atoms with E-state index in [1.54, 1.807) is 0 Å². The smallest absolute Gasteiger partial charge is 0.0470 e. The standard InChI is InChI=1S/C56H63N3/c1-12-28-58(55-41(8)32-37(4)33-42(55)9)47-22-18-45(19-23-47)53(46-20-24-48(25-21-46)59(29-13-2)56-43(10)34-38(5)35-44(56)11)51-26-27-52(50-17-15-14-16-49(50)51)57-54-39(6)30-36(3)31-40(54)7/h14-27,30-35,53,57H,12-13,28-29H2,1-11H3. The Bertz CT molecular complexity index is 2420. The maximum absolute atomic E-state index is 3.87. The molecule has 0 saturated carbocycles. The van der Waals surface area contributed by atoms with Gasteiger partial charge in [-0.3, -0.25) is 0 Å². The van der Waals surface area contributed by atoms with Crippen LogP contribution in [0.4, 0.5) is 34.1 Å². The van der Waals surface area contributed by atoms with E-state index in [4.69, 9.17) is 0 Å². The monoisotopic (exact) mass is 778 g/mol. The molecule has 0 aliphatic rings. The summed E-state index contributed by atoms with van der Waals surface area (Å²) in [5.41, 5.74) is 23.0. The molecular weight excluding hydrogens is 715 g/mol. The van der Waals surface area contributed by atoms with Crippen LogP contribution in [0.15, 0.2) is 121 Å². The molecule has 59 heavy (non-hydrogen) atoms. The lowest BCUT2D eigenvalue weighted by Gasteiger charge is -2.30. The first-order valence-corrected chi connectivity index (χ1v) is 21.7. The lowest BCUT2D eigenvalue weighted by atomic mass is 9.82. The van der Waals surface area contributed by atoms with E-state index in [1.165, 1.54) is 106 Å². The van der Waals surface area contributed by atoms with Crippen molar-refractivity contribution in [2.75, 3.05) is 28.2 Å². The third kappa shape index (κ3) is 8.53. The highest BCUT2D eigenvalue weighted by Crippen LogP contribution is 2.42. The molecule has 0 fully saturated rings. The third-order valence-corrected chi connectivity index (χ3v) is 12.0. The van der Waals surface area contributed by atoms with Gasteiger partial charge in [-0.05, 0) is 161 Å². The fraction of sp³-hybridized carbons (Fsp3) is 0.286. The van der Waals surface area contributed by atoms with Gasteiger partial charge in [-0.2, -0.15) is 0 Å². The normalized spacial score (nSPS) is 11.4. The summed E-state index contributed by atoms with van der Waals surface area (Å²) < 4.78 is 0. The Morgan fingerprint density at radius 1 is 0.441 bits per heavy atom. The Morgan fingerprint density at radius 2 is 0.831 bits per heavy atom. The fourth-order valence-corrected chi connectivity index (χ4v) is 9.82. The summed E-state index contributed by atoms with van der Waals surface area (Å²) in [4.78, 5) is 5.03. The molecule has 0 bridgehead atoms. The largest absolute Gasteiger partial charge is 0.355 e. The van der Waals surface area contributed by atoms with Crippen LogP contribution in [0.25, 0.3) is 10.8 Å². The Kier molecular flexibility index (Phi) is 12.3. The highest BCUT2D eigenvalue weighted by atomic mass is 15.1. The number of nitrogens with zero attached hydrogens (tertiary/aromatic N) is 2. The second kappa shape index (κ2) is 17.6. The minimum atomic E-state index is 0.0184. The number of anilines is 6. The molecule has 0 radical (unpaired) electrons. The molecule has 0 amide bonds. The van der Waals surface area contributed by atoms with Crippen molar-refractivity contribution < 1.29 is 0 Å². The van der Waals surface area contributed by atoms with Gasteiger partial charge in [0.25, 0.3) is 0 Å². The summed E-state index contributed by atoms with van der Waals surface area (Å²) in [5.74, 6) is 0.0184. The summed E-state index contributed by atoms with van der Waals surface area (Å²) >= 11 is 0. The zero-order valence-corrected chi connectivity index (χ0v) is 37.3. The SMILES string of the molecule is CCCN(c1ccc(C(c2ccc(N(CCC)c3c(C)cc(C)cc3C)cc2)c2ccc(Nc3c(C)cc(C)cc3C)c3ccccc23)cc1)c1c(C)cc(C)cc1C. The van der Waals surface area contributed by atoms with Gasteiger partial charge in [0, 0.05) is 58.5 Å². The first kappa shape index (κ1) is 41.4. The summed E-state index contributed by atoms with van der Waals surface area (Å²) in [7, 11) is 0. The average molecular weight is 778 g/mol. The van der Waals surface area contributed by atoms with Gasteiger partial charge in [0.2, 0.25) is 0 Å². The Labute approximate surface area is 354 Å². The van der Waals surface area contributed by atoms with Crippen LogP contribution in [0.3, 0.4) is 0 Å². The quantitative estimate of drug-likeness (QED) is 0.118. The van der Waals surface area contributed by atoms with Crippen LogP contribution in [-0.2, 0) is 0 Å². The summed E-state index contributed by atoms with van der Waals surface area (Å²) in [6, 6.07) is 46.2. The van der Waals surface area contributed by atoms with Crippen molar-refractivity contribution in [1.82, 2.24) is 0 Å². The van der Waals surface area contributed by atoms with Crippen molar-refractivity contribution in [3.63, 3.8) is 0 Å². The topological polar surface area (TPSA) is 18.5 Å². The van der Waals surface area contributed by atoms with Gasteiger partial charge < -0.3 is 15.1 Å². The first-order chi connectivity index (χ1) is 28.4. The summed E-state index contributed by atoms with van der Waals surface area (Å²) in [5, 5.41) is 6.35. The Hall–Kier alpha value is -5.80. The lowest BCUT2D eigenvalue weighted by molar-refractivity contribution is 0.876. The second-order valence-electron chi connectivity index (χ2n) is 17.1. The third-order valence-electron chi connectivity index (χ3n) is 12.0. The van der Waals surface area contributed by atoms with Gasteiger partial charge >= 0.3 is 0 Å². The molecule has 7 aromatic rings. The Balaban J connectivity index is 1.36. The maximum Gasteiger partial charge on any atom is 0.0470 e. The van der Waals surface area contributed by atoms with Gasteiger partial charge in [0.1, 0.15) is 0 Å². The number of nitrogens with one attached hydrogen (secondary N) is 1. The molecule has 302 valence electrons. The number of hydrogen-bond donors (Lipinski definition) is 1. The van der Waals surface area contributed by atoms with E-state index < -0.39 is 0 Å². The van der Waals surface area contributed by atoms with Crippen LogP contribution in [0.2, 0.25) is 0 Å². The van der Waals surface area contributed by atoms with Gasteiger partial charge in [-0.1, -0.05) is 122 Å². The number of benzene rings is 7. The van der Waals surface area contributed by atoms with Gasteiger partial charge in [-0.15, -0.1) is 0 Å². The predicted octanol–water partition coefficient (Wildman–Crippen LogP) is 15.6. The van der Waals surface area contributed by atoms with Crippen molar-refractivity contribution in [2.45, 2.75) is 94.9 Å². The van der Waals surface area contributed by atoms with Crippen molar-refractivity contribution in [3.05, 3.63) is 188 Å². The molecule has 0 saturated heterocycles. The zero-order chi connectivity index (χ0) is 42.0. The summed E-state index contributed by atoms with van der Waals surface area (Å²) in [6.07, 6.45) is 2.13. The van der Waals surface area contributed by atoms with Crippen LogP contribution in [0, 0.1) is 62.3 Å². The van der Waals surface area contributed by atoms with Crippen LogP contribution >= 0.6 is 0 Å². The molecule has 0 aliphatic carbocycles. The van der Waals surface area contributed by atoms with Gasteiger partial charge in [-0.25, -0.2) is 0 Å². The van der Waals surface area contributed by atoms with Gasteiger partial charge in [0.15, 0.2) is 0 Å². The van der Waals surface area contributed by atoms with E-state index in [0.717, 1.165) is 31.6 Å². The molecule has 0 heterocycles. The van der Waals surface area contributed by atoms with Crippen LogP contribution in [0.1, 0.15) is 99.4 Å². The van der Waals surface area contributed by atoms with E-state index in [-0.39, 0.29) is 5.92 Å². The van der Waals surface area contributed by atoms with E-state index in [9.17, 15) is 0 Å². The molecule has 3 heteroatoms. The molecule has 0 atom stereocenters. The highest BCUT2D eigenvalue weighted by Gasteiger charge is 2.23. The van der Waals surface area contributed by atoms with E-state index >= 15 is 0 Å². The van der Waals surface area contributed by atoms with Crippen LogP contribution in [0.5, 0.6) is 0 Å². The molecule has 7 rings (SSSR count). The maximum atomic E-state index is 3.87. The molecular formula is C56H63N3. The molecule has 0 aliphatic heterocycles. The number of aryl methyl sites for hydroxylation is 9. The summed E-state index contributed by atoms with van der Waals surface area (Å²) in [6.45, 7) is 26.4. The minimum Gasteiger partial charge on any atom is -0.355 e. The van der Waals surface area contributed by atoms with E-state index in [0.29, 0.717) is 0 Å². The number of rotatable bonds is 13. The van der Waals surface area contributed by atoms with Gasteiger partial charge in [0.05, 0.1) is 0 Å². The number of hydrogen-bond acceptors (Lipinski definition) is 3. The molecule has 3 nitrogen and oxygen atoms in total. The van der Waals surface area contributed by atoms with Crippen molar-refractivity contribution >= 4 is 44.9 Å². The van der Waals surface area contributed by atoms with E-state index in [2.05, 4.69) is 213 Å². The van der Waals surface area contributed by atoms with Crippen molar-refractivity contribution in [2.24, 2.45) is 0 Å². The molecule has 0 unspecified atom stereocenters. The van der Waals surface area contributed by atoms with Crippen LogP contribution in [-0.4, -0.2) is 13.1 Å². The highest BCUT2D eigenvalue weighted by molar-refractivity contribution is 5.98. The lowest BCUT2D eigenvalue weighted by Crippen LogP contribution is -2.20. The minimum absolute atomic E-state index is 0.0184. The predicted molar refractivity (Wildman–Crippen MR) is 258 cm³/mol. The molecule has 0 aromatic heterocycles. The van der Waals surface area contributed by atoms with Crippen molar-refractivity contribution in [3.8, 4) is 0 Å². The average Bonchev–Trinajstić information content (AvgIpc) is 3.19. The first-order valence-electron chi connectivity index (χ1n) is 21.7. The number of fused-ring (bicyclic) bond motifs is 1. The van der Waals surface area contributed by atoms with Crippen LogP contribution < -0.4 is 15.1 Å². The van der Waals surface area contributed by atoms with E-state index in [1.807, 2.05) is 0 Å². The second-order valence-corrected chi connectivity index (χ2v) is 17.1. The van der Waals surface area contributed by atoms with Crippen molar-refractivity contribution in [1.29, 1.82) is 0 Å². The molecule has 1 N–H and O–H groups in total. The zero-order valence-electron chi connectivity index (χ0n) is 37.3.